The highest BCUT2D eigenvalue weighted by atomic mass is 32.2. The topological polar surface area (TPSA) is 94.5 Å². The summed E-state index contributed by atoms with van der Waals surface area (Å²) in [5.41, 5.74) is 0. The third-order valence-electron chi connectivity index (χ3n) is 3.87. The van der Waals surface area contributed by atoms with Crippen molar-refractivity contribution in [1.82, 2.24) is 0 Å². The molecule has 0 atom stereocenters. The van der Waals surface area contributed by atoms with Crippen LogP contribution in [0.3, 0.4) is 0 Å². The Morgan fingerprint density at radius 3 is 1.73 bits per heavy atom. The summed E-state index contributed by atoms with van der Waals surface area (Å²) in [6.07, 6.45) is 9.87. The molecule has 0 radical (unpaired) electrons. The van der Waals surface area contributed by atoms with Gasteiger partial charge in [-0.15, -0.1) is 0 Å². The zero-order valence-corrected chi connectivity index (χ0v) is 16.2. The summed E-state index contributed by atoms with van der Waals surface area (Å²) in [5.74, 6) is -1.89. The van der Waals surface area contributed by atoms with Gasteiger partial charge in [-0.2, -0.15) is 8.42 Å². The predicted molar refractivity (Wildman–Crippen MR) is 93.2 cm³/mol. The predicted octanol–water partition coefficient (Wildman–Crippen LogP) is 2.78. The molecule has 0 amide bonds. The first-order valence-electron chi connectivity index (χ1n) is 7.88. The van der Waals surface area contributed by atoms with Crippen LogP contribution in [-0.4, -0.2) is 43.6 Å². The minimum absolute atomic E-state index is 0.198. The van der Waals surface area contributed by atoms with Crippen molar-refractivity contribution in [3.8, 4) is 0 Å². The van der Waals surface area contributed by atoms with Gasteiger partial charge in [0, 0.05) is 7.26 Å². The molecule has 0 unspecified atom stereocenters. The van der Waals surface area contributed by atoms with Crippen LogP contribution in [0.1, 0.15) is 53.9 Å². The number of carboxylic acids is 1. The Balaban J connectivity index is 0. The molecule has 0 aromatic carbocycles. The van der Waals surface area contributed by atoms with E-state index in [0.717, 1.165) is 6.08 Å². The van der Waals surface area contributed by atoms with E-state index in [-0.39, 0.29) is 6.42 Å². The zero-order chi connectivity index (χ0) is 17.8. The van der Waals surface area contributed by atoms with Gasteiger partial charge in [0.25, 0.3) is 10.1 Å². The summed E-state index contributed by atoms with van der Waals surface area (Å²) in [6, 6.07) is 0. The first-order valence-corrected chi connectivity index (χ1v) is 11.8. The van der Waals surface area contributed by atoms with Gasteiger partial charge in [-0.25, -0.2) is 0 Å². The van der Waals surface area contributed by atoms with Crippen LogP contribution >= 0.6 is 7.26 Å². The van der Waals surface area contributed by atoms with Crippen molar-refractivity contribution in [3.63, 3.8) is 0 Å². The number of hydrogen-bond donors (Lipinski definition) is 1. The van der Waals surface area contributed by atoms with Crippen molar-refractivity contribution in [2.45, 2.75) is 53.9 Å². The fourth-order valence-electron chi connectivity index (χ4n) is 2.12. The molecular formula is C15H31O5PS. The molecule has 0 saturated heterocycles. The van der Waals surface area contributed by atoms with Crippen LogP contribution in [0.25, 0.3) is 0 Å². The van der Waals surface area contributed by atoms with Crippen LogP contribution in [0.15, 0.2) is 11.0 Å². The van der Waals surface area contributed by atoms with Crippen LogP contribution in [0.2, 0.25) is 0 Å². The van der Waals surface area contributed by atoms with Crippen molar-refractivity contribution < 1.29 is 22.9 Å². The maximum atomic E-state index is 10.2. The van der Waals surface area contributed by atoms with E-state index < -0.39 is 28.3 Å². The quantitative estimate of drug-likeness (QED) is 0.390. The lowest BCUT2D eigenvalue weighted by Crippen LogP contribution is -2.28. The van der Waals surface area contributed by atoms with Crippen molar-refractivity contribution in [2.75, 3.05) is 24.6 Å². The van der Waals surface area contributed by atoms with Crippen LogP contribution in [-0.2, 0) is 14.9 Å². The first kappa shape index (κ1) is 23.8. The van der Waals surface area contributed by atoms with E-state index in [2.05, 4.69) is 27.7 Å². The maximum Gasteiger partial charge on any atom is 0.296 e. The third-order valence-corrected chi connectivity index (χ3v) is 10.0. The van der Waals surface area contributed by atoms with Gasteiger partial charge in [-0.3, -0.25) is 4.55 Å². The van der Waals surface area contributed by atoms with E-state index in [0.29, 0.717) is 0 Å². The standard InChI is InChI=1S/C10H24P.C5H8O5S/c1-5-9-10-11(6-2,7-3)8-4;1-2-3-4(5(6)7)11(8,9)10/h5-10H2,1-4H3;3H,2H2,1H3,(H,6,7)(H,8,9,10)/q+1;/p-1/b;4-3+. The zero-order valence-electron chi connectivity index (χ0n) is 14.5. The molecule has 0 fully saturated rings. The van der Waals surface area contributed by atoms with Gasteiger partial charge in [0.1, 0.15) is 4.91 Å². The Kier molecular flexibility index (Phi) is 13.0. The molecular weight excluding hydrogens is 323 g/mol. The Morgan fingerprint density at radius 1 is 1.09 bits per heavy atom. The summed E-state index contributed by atoms with van der Waals surface area (Å²) < 4.78 is 28.7. The Labute approximate surface area is 136 Å². The second kappa shape index (κ2) is 12.0. The van der Waals surface area contributed by atoms with Crippen LogP contribution in [0, 0.1) is 0 Å². The molecule has 132 valence electrons. The molecule has 0 spiro atoms. The smallest absolute Gasteiger partial charge is 0.296 e. The average molecular weight is 354 g/mol. The normalized spacial score (nSPS) is 12.5. The SMILES string of the molecule is CC/C=C(\C(=O)[O-])S(=O)(=O)O.CCCC[P+](CC)(CC)CC. The number of carboxylic acid groups (broad SMARTS) is 1. The molecule has 0 aromatic rings. The third kappa shape index (κ3) is 9.54. The molecule has 7 heteroatoms. The number of allylic oxidation sites excluding steroid dienone is 1. The number of hydrogen-bond acceptors (Lipinski definition) is 4. The van der Waals surface area contributed by atoms with Gasteiger partial charge in [-0.1, -0.05) is 26.3 Å². The van der Waals surface area contributed by atoms with E-state index in [9.17, 15) is 18.3 Å². The van der Waals surface area contributed by atoms with E-state index in [1.165, 1.54) is 38.3 Å². The number of rotatable bonds is 9. The highest BCUT2D eigenvalue weighted by Gasteiger charge is 2.29. The number of aliphatic carboxylic acids is 1. The molecule has 1 N–H and O–H groups in total. The van der Waals surface area contributed by atoms with Crippen LogP contribution < -0.4 is 5.11 Å². The van der Waals surface area contributed by atoms with Crippen molar-refractivity contribution in [3.05, 3.63) is 11.0 Å². The van der Waals surface area contributed by atoms with E-state index in [1.807, 2.05) is 0 Å². The van der Waals surface area contributed by atoms with E-state index >= 15 is 0 Å². The molecule has 22 heavy (non-hydrogen) atoms. The Bertz CT molecular complexity index is 431. The maximum absolute atomic E-state index is 10.2. The van der Waals surface area contributed by atoms with Gasteiger partial charge in [-0.05, 0) is 33.6 Å². The minimum atomic E-state index is -4.63. The lowest BCUT2D eigenvalue weighted by atomic mass is 10.4. The second-order valence-corrected chi connectivity index (χ2v) is 11.5. The number of carbonyl (C=O) groups is 1. The largest absolute Gasteiger partial charge is 0.544 e. The fraction of sp³-hybridized carbons (Fsp3) is 0.800. The lowest BCUT2D eigenvalue weighted by molar-refractivity contribution is -0.298. The highest BCUT2D eigenvalue weighted by Crippen LogP contribution is 2.58. The van der Waals surface area contributed by atoms with Crippen molar-refractivity contribution in [2.24, 2.45) is 0 Å². The average Bonchev–Trinajstić information content (AvgIpc) is 2.46. The highest BCUT2D eigenvalue weighted by molar-refractivity contribution is 7.90. The van der Waals surface area contributed by atoms with Crippen molar-refractivity contribution >= 4 is 23.3 Å². The van der Waals surface area contributed by atoms with Crippen molar-refractivity contribution in [1.29, 1.82) is 0 Å². The summed E-state index contributed by atoms with van der Waals surface area (Å²) in [5, 5.41) is 10.0. The molecule has 5 nitrogen and oxygen atoms in total. The summed E-state index contributed by atoms with van der Waals surface area (Å²) in [6.45, 7) is 11.0. The number of carbonyl (C=O) groups excluding carboxylic acids is 1. The minimum Gasteiger partial charge on any atom is -0.544 e. The van der Waals surface area contributed by atoms with E-state index in [4.69, 9.17) is 4.55 Å². The Morgan fingerprint density at radius 2 is 1.55 bits per heavy atom. The molecule has 0 rings (SSSR count). The lowest BCUT2D eigenvalue weighted by Gasteiger charge is -2.23. The van der Waals surface area contributed by atoms with Crippen LogP contribution in [0.4, 0.5) is 0 Å². The van der Waals surface area contributed by atoms with Crippen LogP contribution in [0.5, 0.6) is 0 Å². The molecule has 0 heterocycles. The van der Waals surface area contributed by atoms with Gasteiger partial charge in [0.2, 0.25) is 0 Å². The molecule has 0 bridgehead atoms. The van der Waals surface area contributed by atoms with Gasteiger partial charge < -0.3 is 9.90 Å². The second-order valence-electron chi connectivity index (χ2n) is 5.11. The van der Waals surface area contributed by atoms with Gasteiger partial charge >= 0.3 is 0 Å². The first-order chi connectivity index (χ1) is 10.1. The fourth-order valence-corrected chi connectivity index (χ4v) is 5.98. The molecule has 0 aliphatic heterocycles. The summed E-state index contributed by atoms with van der Waals surface area (Å²) >= 11 is 0. The Hall–Kier alpha value is -0.450. The van der Waals surface area contributed by atoms with Gasteiger partial charge in [0.15, 0.2) is 0 Å². The summed E-state index contributed by atoms with van der Waals surface area (Å²) in [4.78, 5) is 8.93. The molecule has 0 aliphatic rings. The molecule has 0 aliphatic carbocycles. The summed E-state index contributed by atoms with van der Waals surface area (Å²) in [7, 11) is -5.08. The molecule has 0 aromatic heterocycles. The number of unbranched alkanes of at least 4 members (excludes halogenated alkanes) is 1. The molecule has 0 saturated carbocycles. The van der Waals surface area contributed by atoms with Gasteiger partial charge in [0.05, 0.1) is 30.6 Å². The van der Waals surface area contributed by atoms with E-state index in [1.54, 1.807) is 6.16 Å². The monoisotopic (exact) mass is 354 g/mol.